The van der Waals surface area contributed by atoms with Crippen molar-refractivity contribution in [3.63, 3.8) is 0 Å². The molecular weight excluding hydrogens is 231 g/mol. The summed E-state index contributed by atoms with van der Waals surface area (Å²) in [4.78, 5) is 0. The molecule has 0 radical (unpaired) electrons. The summed E-state index contributed by atoms with van der Waals surface area (Å²) >= 11 is 0. The zero-order chi connectivity index (χ0) is 12.2. The van der Waals surface area contributed by atoms with Crippen LogP contribution in [0, 0.1) is 0 Å². The first-order valence-electron chi connectivity index (χ1n) is 5.30. The van der Waals surface area contributed by atoms with E-state index in [1.807, 2.05) is 27.4 Å². The van der Waals surface area contributed by atoms with Crippen molar-refractivity contribution in [3.8, 4) is 0 Å². The monoisotopic (exact) mass is 254 g/mol. The van der Waals surface area contributed by atoms with Gasteiger partial charge in [0.15, 0.2) is 0 Å². The van der Waals surface area contributed by atoms with Crippen LogP contribution in [0.4, 0.5) is 0 Å². The van der Waals surface area contributed by atoms with E-state index in [4.69, 9.17) is 3.97 Å². The van der Waals surface area contributed by atoms with Crippen LogP contribution in [-0.4, -0.2) is 39.3 Å². The van der Waals surface area contributed by atoms with E-state index in [0.29, 0.717) is 0 Å². The molecule has 0 aliphatic carbocycles. The van der Waals surface area contributed by atoms with Crippen molar-refractivity contribution in [2.45, 2.75) is 20.8 Å². The molecule has 0 atom stereocenters. The molecule has 0 saturated carbocycles. The summed E-state index contributed by atoms with van der Waals surface area (Å²) in [5, 5.41) is 0. The van der Waals surface area contributed by atoms with Crippen LogP contribution in [0.15, 0.2) is 12.7 Å². The van der Waals surface area contributed by atoms with E-state index in [-0.39, 0.29) is 5.75 Å². The van der Waals surface area contributed by atoms with E-state index in [1.165, 1.54) is 6.08 Å². The maximum atomic E-state index is 11.7. The van der Waals surface area contributed by atoms with Crippen molar-refractivity contribution in [1.29, 1.82) is 0 Å². The van der Waals surface area contributed by atoms with E-state index < -0.39 is 16.9 Å². The van der Waals surface area contributed by atoms with Gasteiger partial charge in [0, 0.05) is 0 Å². The minimum absolute atomic E-state index is 0.0985. The average molecular weight is 254 g/mol. The van der Waals surface area contributed by atoms with Gasteiger partial charge in [-0.15, -0.1) is 0 Å². The quantitative estimate of drug-likeness (QED) is 0.518. The van der Waals surface area contributed by atoms with Crippen molar-refractivity contribution < 1.29 is 12.4 Å². The summed E-state index contributed by atoms with van der Waals surface area (Å²) in [6, 6.07) is 0. The van der Waals surface area contributed by atoms with Gasteiger partial charge in [-0.1, -0.05) is 0 Å². The summed E-state index contributed by atoms with van der Waals surface area (Å²) in [6.07, 6.45) is 3.77. The Labute approximate surface area is 94.0 Å². The molecule has 0 aromatic carbocycles. The van der Waals surface area contributed by atoms with E-state index in [2.05, 4.69) is 6.58 Å². The first kappa shape index (κ1) is 15.1. The molecule has 0 aliphatic heterocycles. The van der Waals surface area contributed by atoms with Crippen LogP contribution in [0.3, 0.4) is 0 Å². The normalized spacial score (nSPS) is 15.6. The Morgan fingerprint density at radius 1 is 1.20 bits per heavy atom. The molecule has 0 spiro atoms. The molecule has 0 saturated heterocycles. The number of hydrogen-bond donors (Lipinski definition) is 0. The number of rotatable bonds is 7. The van der Waals surface area contributed by atoms with E-state index in [0.717, 1.165) is 18.5 Å². The molecule has 3 nitrogen and oxygen atoms in total. The Morgan fingerprint density at radius 2 is 1.60 bits per heavy atom. The predicted octanol–water partition coefficient (Wildman–Crippen LogP) is 2.68. The van der Waals surface area contributed by atoms with Crippen LogP contribution < -0.4 is 0 Å². The molecule has 0 bridgehead atoms. The fourth-order valence-electron chi connectivity index (χ4n) is 1.36. The van der Waals surface area contributed by atoms with Gasteiger partial charge in [-0.2, -0.15) is 0 Å². The van der Waals surface area contributed by atoms with Crippen LogP contribution in [0.1, 0.15) is 20.8 Å². The second kappa shape index (κ2) is 4.94. The maximum absolute atomic E-state index is 11.7. The second-order valence-corrected chi connectivity index (χ2v) is 12.5. The van der Waals surface area contributed by atoms with Gasteiger partial charge >= 0.3 is 93.7 Å². The fraction of sp³-hybridized carbons (Fsp3) is 0.800. The third kappa shape index (κ3) is 3.86. The Balaban J connectivity index is 5.09. The summed E-state index contributed by atoms with van der Waals surface area (Å²) in [6.45, 7) is 8.96. The van der Waals surface area contributed by atoms with E-state index in [1.54, 1.807) is 0 Å². The molecule has 0 rings (SSSR count). The molecule has 5 heteroatoms. The first-order valence-corrected chi connectivity index (χ1v) is 10.0. The van der Waals surface area contributed by atoms with Gasteiger partial charge in [-0.05, 0) is 0 Å². The van der Waals surface area contributed by atoms with Crippen LogP contribution in [0.2, 0.25) is 0 Å². The molecule has 92 valence electrons. The first-order chi connectivity index (χ1) is 6.75. The zero-order valence-electron chi connectivity index (χ0n) is 10.2. The van der Waals surface area contributed by atoms with Gasteiger partial charge in [0.1, 0.15) is 0 Å². The fourth-order valence-corrected chi connectivity index (χ4v) is 7.33. The topological polar surface area (TPSA) is 43.4 Å². The van der Waals surface area contributed by atoms with Crippen LogP contribution >= 0.6 is 6.83 Å². The summed E-state index contributed by atoms with van der Waals surface area (Å²) in [7, 11) is -3.44. The van der Waals surface area contributed by atoms with Gasteiger partial charge < -0.3 is 0 Å². The molecule has 0 aliphatic rings. The molecule has 0 amide bonds. The number of hydrogen-bond acceptors (Lipinski definition) is 3. The van der Waals surface area contributed by atoms with Crippen LogP contribution in [0.5, 0.6) is 0 Å². The SMILES string of the molecule is C=CCS(=O)(=O)OP(C)(CC)(CC)CC. The molecule has 0 aromatic heterocycles. The molecule has 0 heterocycles. The van der Waals surface area contributed by atoms with Crippen molar-refractivity contribution in [1.82, 2.24) is 0 Å². The molecule has 0 unspecified atom stereocenters. The molecular formula is C10H23O3PS. The standard InChI is InChI=1S/C10H23O3PS/c1-6-10-15(11,12)13-14(5,7-2,8-3)9-4/h6H,1,7-10H2,2-5H3. The van der Waals surface area contributed by atoms with Gasteiger partial charge in [-0.25, -0.2) is 0 Å². The summed E-state index contributed by atoms with van der Waals surface area (Å²) in [5.74, 6) is -0.0985. The van der Waals surface area contributed by atoms with Gasteiger partial charge in [0.25, 0.3) is 0 Å². The molecule has 0 fully saturated rings. The van der Waals surface area contributed by atoms with Crippen LogP contribution in [-0.2, 0) is 14.1 Å². The minimum atomic E-state index is -3.44. The molecule has 15 heavy (non-hydrogen) atoms. The van der Waals surface area contributed by atoms with Crippen molar-refractivity contribution in [2.24, 2.45) is 0 Å². The Bertz CT molecular complexity index is 307. The Hall–Kier alpha value is 0.0800. The van der Waals surface area contributed by atoms with Crippen molar-refractivity contribution >= 4 is 16.9 Å². The Kier molecular flexibility index (Phi) is 4.97. The van der Waals surface area contributed by atoms with Crippen molar-refractivity contribution in [2.75, 3.05) is 30.9 Å². The Morgan fingerprint density at radius 3 is 1.87 bits per heavy atom. The third-order valence-electron chi connectivity index (χ3n) is 3.35. The van der Waals surface area contributed by atoms with Gasteiger partial charge in [0.2, 0.25) is 0 Å². The van der Waals surface area contributed by atoms with E-state index >= 15 is 0 Å². The molecule has 0 aromatic rings. The van der Waals surface area contributed by atoms with Crippen LogP contribution in [0.25, 0.3) is 0 Å². The summed E-state index contributed by atoms with van der Waals surface area (Å²) in [5.41, 5.74) is 0. The van der Waals surface area contributed by atoms with Crippen molar-refractivity contribution in [3.05, 3.63) is 12.7 Å². The summed E-state index contributed by atoms with van der Waals surface area (Å²) < 4.78 is 28.9. The third-order valence-corrected chi connectivity index (χ3v) is 12.1. The predicted molar refractivity (Wildman–Crippen MR) is 69.5 cm³/mol. The van der Waals surface area contributed by atoms with Gasteiger partial charge in [0.05, 0.1) is 0 Å². The van der Waals surface area contributed by atoms with E-state index in [9.17, 15) is 8.42 Å². The van der Waals surface area contributed by atoms with Gasteiger partial charge in [-0.3, -0.25) is 0 Å². The average Bonchev–Trinajstić information content (AvgIpc) is 2.17. The second-order valence-electron chi connectivity index (χ2n) is 4.23. The zero-order valence-corrected chi connectivity index (χ0v) is 11.9. The molecule has 0 N–H and O–H groups in total.